The van der Waals surface area contributed by atoms with E-state index in [1.807, 2.05) is 30.3 Å². The molecule has 0 spiro atoms. The molecule has 0 aromatic heterocycles. The first-order chi connectivity index (χ1) is 9.54. The third-order valence-electron chi connectivity index (χ3n) is 2.84. The van der Waals surface area contributed by atoms with Gasteiger partial charge in [-0.05, 0) is 25.8 Å². The van der Waals surface area contributed by atoms with Gasteiger partial charge in [0.25, 0.3) is 5.60 Å². The van der Waals surface area contributed by atoms with Crippen LogP contribution in [0.2, 0.25) is 0 Å². The Morgan fingerprint density at radius 3 is 2.00 bits per heavy atom. The molecule has 0 saturated carbocycles. The van der Waals surface area contributed by atoms with Gasteiger partial charge in [-0.1, -0.05) is 30.3 Å². The number of hydrogen-bond acceptors (Lipinski definition) is 5. The first kappa shape index (κ1) is 16.2. The minimum absolute atomic E-state index is 0.0747. The zero-order valence-corrected chi connectivity index (χ0v) is 11.8. The Morgan fingerprint density at radius 2 is 1.55 bits per heavy atom. The third kappa shape index (κ3) is 4.06. The summed E-state index contributed by atoms with van der Waals surface area (Å²) in [6.07, 6.45) is 0.295. The molecule has 20 heavy (non-hydrogen) atoms. The number of carbonyl (C=O) groups is 2. The van der Waals surface area contributed by atoms with Crippen molar-refractivity contribution in [2.24, 2.45) is 0 Å². The Bertz CT molecular complexity index is 423. The Morgan fingerprint density at radius 1 is 1.05 bits per heavy atom. The predicted molar refractivity (Wildman–Crippen MR) is 73.0 cm³/mol. The largest absolute Gasteiger partial charge is 0.463 e. The fourth-order valence-corrected chi connectivity index (χ4v) is 1.76. The summed E-state index contributed by atoms with van der Waals surface area (Å²) in [7, 11) is 0. The summed E-state index contributed by atoms with van der Waals surface area (Å²) in [5.74, 6) is -1.93. The van der Waals surface area contributed by atoms with Gasteiger partial charge in [0.15, 0.2) is 0 Å². The van der Waals surface area contributed by atoms with Gasteiger partial charge < -0.3 is 14.6 Å². The highest BCUT2D eigenvalue weighted by Crippen LogP contribution is 2.19. The molecule has 0 aliphatic carbocycles. The van der Waals surface area contributed by atoms with Crippen LogP contribution in [0, 0.1) is 0 Å². The highest BCUT2D eigenvalue weighted by atomic mass is 16.6. The molecule has 1 N–H and O–H groups in total. The highest BCUT2D eigenvalue weighted by Gasteiger charge is 2.46. The second kappa shape index (κ2) is 7.65. The van der Waals surface area contributed by atoms with Gasteiger partial charge in [-0.25, -0.2) is 9.59 Å². The van der Waals surface area contributed by atoms with Crippen LogP contribution in [-0.4, -0.2) is 35.9 Å². The number of aryl methyl sites for hydroxylation is 1. The van der Waals surface area contributed by atoms with Crippen LogP contribution < -0.4 is 0 Å². The number of rotatable bonds is 7. The number of benzene rings is 1. The molecule has 0 aliphatic rings. The quantitative estimate of drug-likeness (QED) is 0.605. The molecular formula is C15H20O5. The standard InChI is InChI=1S/C15H20O5/c1-3-19-13(16)15(18,14(17)20-4-2)11-10-12-8-6-5-7-9-12/h5-9,18H,3-4,10-11H2,1-2H3. The number of esters is 2. The van der Waals surface area contributed by atoms with Gasteiger partial charge in [0.05, 0.1) is 13.2 Å². The normalized spacial score (nSPS) is 10.9. The lowest BCUT2D eigenvalue weighted by Gasteiger charge is -2.23. The van der Waals surface area contributed by atoms with Crippen molar-refractivity contribution in [1.82, 2.24) is 0 Å². The fraction of sp³-hybridized carbons (Fsp3) is 0.467. The molecular weight excluding hydrogens is 260 g/mol. The van der Waals surface area contributed by atoms with E-state index in [1.54, 1.807) is 13.8 Å². The van der Waals surface area contributed by atoms with Crippen LogP contribution in [0.15, 0.2) is 30.3 Å². The molecule has 0 heterocycles. The van der Waals surface area contributed by atoms with Crippen molar-refractivity contribution in [2.45, 2.75) is 32.3 Å². The van der Waals surface area contributed by atoms with Crippen molar-refractivity contribution in [1.29, 1.82) is 0 Å². The maximum Gasteiger partial charge on any atom is 0.350 e. The molecule has 1 rings (SSSR count). The monoisotopic (exact) mass is 280 g/mol. The zero-order valence-electron chi connectivity index (χ0n) is 11.8. The summed E-state index contributed by atoms with van der Waals surface area (Å²) in [6.45, 7) is 3.40. The topological polar surface area (TPSA) is 72.8 Å². The molecule has 5 heteroatoms. The van der Waals surface area contributed by atoms with Crippen LogP contribution in [0.3, 0.4) is 0 Å². The molecule has 0 saturated heterocycles. The molecule has 5 nitrogen and oxygen atoms in total. The second-order valence-electron chi connectivity index (χ2n) is 4.29. The van der Waals surface area contributed by atoms with Gasteiger partial charge in [0.1, 0.15) is 0 Å². The van der Waals surface area contributed by atoms with Crippen LogP contribution in [0.1, 0.15) is 25.8 Å². The Balaban J connectivity index is 2.82. The first-order valence-electron chi connectivity index (χ1n) is 6.65. The molecule has 0 atom stereocenters. The summed E-state index contributed by atoms with van der Waals surface area (Å²) in [6, 6.07) is 9.28. The van der Waals surface area contributed by atoms with Crippen LogP contribution in [0.25, 0.3) is 0 Å². The molecule has 0 fully saturated rings. The van der Waals surface area contributed by atoms with Crippen molar-refractivity contribution in [3.63, 3.8) is 0 Å². The first-order valence-corrected chi connectivity index (χ1v) is 6.65. The van der Waals surface area contributed by atoms with Gasteiger partial charge >= 0.3 is 11.9 Å². The second-order valence-corrected chi connectivity index (χ2v) is 4.29. The average molecular weight is 280 g/mol. The zero-order chi connectivity index (χ0) is 15.0. The van der Waals surface area contributed by atoms with E-state index in [4.69, 9.17) is 9.47 Å². The van der Waals surface area contributed by atoms with Crippen molar-refractivity contribution in [3.8, 4) is 0 Å². The van der Waals surface area contributed by atoms with E-state index in [9.17, 15) is 14.7 Å². The van der Waals surface area contributed by atoms with E-state index in [0.717, 1.165) is 5.56 Å². The summed E-state index contributed by atoms with van der Waals surface area (Å²) < 4.78 is 9.55. The maximum absolute atomic E-state index is 11.8. The van der Waals surface area contributed by atoms with Gasteiger partial charge in [0, 0.05) is 6.42 Å². The molecule has 0 amide bonds. The molecule has 0 aliphatic heterocycles. The van der Waals surface area contributed by atoms with Crippen molar-refractivity contribution in [2.75, 3.05) is 13.2 Å². The van der Waals surface area contributed by atoms with E-state index in [0.29, 0.717) is 6.42 Å². The van der Waals surface area contributed by atoms with Crippen molar-refractivity contribution in [3.05, 3.63) is 35.9 Å². The summed E-state index contributed by atoms with van der Waals surface area (Å²) in [5.41, 5.74) is -1.33. The van der Waals surface area contributed by atoms with Crippen molar-refractivity contribution < 1.29 is 24.2 Å². The smallest absolute Gasteiger partial charge is 0.350 e. The van der Waals surface area contributed by atoms with Crippen LogP contribution in [0.4, 0.5) is 0 Å². The van der Waals surface area contributed by atoms with E-state index >= 15 is 0 Å². The number of aliphatic hydroxyl groups is 1. The number of carbonyl (C=O) groups excluding carboxylic acids is 2. The summed E-state index contributed by atoms with van der Waals surface area (Å²) >= 11 is 0. The lowest BCUT2D eigenvalue weighted by molar-refractivity contribution is -0.184. The maximum atomic E-state index is 11.8. The van der Waals surface area contributed by atoms with Crippen molar-refractivity contribution >= 4 is 11.9 Å². The van der Waals surface area contributed by atoms with Gasteiger partial charge in [-0.3, -0.25) is 0 Å². The van der Waals surface area contributed by atoms with Gasteiger partial charge in [0.2, 0.25) is 0 Å². The Labute approximate surface area is 118 Å². The Kier molecular flexibility index (Phi) is 6.18. The van der Waals surface area contributed by atoms with E-state index < -0.39 is 17.5 Å². The van der Waals surface area contributed by atoms with E-state index in [2.05, 4.69) is 0 Å². The van der Waals surface area contributed by atoms with Crippen LogP contribution >= 0.6 is 0 Å². The molecule has 1 aromatic carbocycles. The minimum Gasteiger partial charge on any atom is -0.463 e. The average Bonchev–Trinajstić information content (AvgIpc) is 2.46. The highest BCUT2D eigenvalue weighted by molar-refractivity contribution is 6.03. The molecule has 1 aromatic rings. The minimum atomic E-state index is -2.25. The third-order valence-corrected chi connectivity index (χ3v) is 2.84. The molecule has 0 radical (unpaired) electrons. The fourth-order valence-electron chi connectivity index (χ4n) is 1.76. The number of hydrogen-bond donors (Lipinski definition) is 1. The Hall–Kier alpha value is -1.88. The van der Waals surface area contributed by atoms with E-state index in [1.165, 1.54) is 0 Å². The SMILES string of the molecule is CCOC(=O)C(O)(CCc1ccccc1)C(=O)OCC. The van der Waals surface area contributed by atoms with Gasteiger partial charge in [-0.15, -0.1) is 0 Å². The van der Waals surface area contributed by atoms with Crippen LogP contribution in [-0.2, 0) is 25.5 Å². The predicted octanol–water partition coefficient (Wildman–Crippen LogP) is 1.48. The molecule has 0 unspecified atom stereocenters. The lowest BCUT2D eigenvalue weighted by atomic mass is 9.95. The molecule has 110 valence electrons. The van der Waals surface area contributed by atoms with Gasteiger partial charge in [-0.2, -0.15) is 0 Å². The number of ether oxygens (including phenoxy) is 2. The van der Waals surface area contributed by atoms with Crippen LogP contribution in [0.5, 0.6) is 0 Å². The summed E-state index contributed by atoms with van der Waals surface area (Å²) in [4.78, 5) is 23.7. The lowest BCUT2D eigenvalue weighted by Crippen LogP contribution is -2.49. The van der Waals surface area contributed by atoms with E-state index in [-0.39, 0.29) is 19.6 Å². The molecule has 0 bridgehead atoms. The summed E-state index contributed by atoms with van der Waals surface area (Å²) in [5, 5.41) is 10.3.